The number of nitrogens with zero attached hydrogens (tertiary/aromatic N) is 4. The van der Waals surface area contributed by atoms with E-state index in [4.69, 9.17) is 26.3 Å². The van der Waals surface area contributed by atoms with Crippen LogP contribution in [0.25, 0.3) is 15.9 Å². The minimum atomic E-state index is -0.262. The van der Waals surface area contributed by atoms with Gasteiger partial charge in [0.2, 0.25) is 0 Å². The van der Waals surface area contributed by atoms with E-state index in [0.29, 0.717) is 36.1 Å². The summed E-state index contributed by atoms with van der Waals surface area (Å²) in [6.07, 6.45) is 3.21. The van der Waals surface area contributed by atoms with Crippen LogP contribution in [0.3, 0.4) is 0 Å². The number of amides is 1. The van der Waals surface area contributed by atoms with Crippen LogP contribution in [0.15, 0.2) is 60.7 Å². The van der Waals surface area contributed by atoms with Gasteiger partial charge in [0.15, 0.2) is 5.82 Å². The summed E-state index contributed by atoms with van der Waals surface area (Å²) in [5.74, 6) is 2.55. The van der Waals surface area contributed by atoms with Crippen molar-refractivity contribution in [2.24, 2.45) is 11.3 Å². The normalized spacial score (nSPS) is 14.8. The van der Waals surface area contributed by atoms with E-state index in [2.05, 4.69) is 36.5 Å². The van der Waals surface area contributed by atoms with Crippen molar-refractivity contribution in [2.75, 3.05) is 18.4 Å². The monoisotopic (exact) mass is 628 g/mol. The Morgan fingerprint density at radius 1 is 1.07 bits per heavy atom. The molecule has 1 aliphatic carbocycles. The van der Waals surface area contributed by atoms with Crippen LogP contribution in [-0.2, 0) is 19.4 Å². The molecule has 3 aromatic heterocycles. The van der Waals surface area contributed by atoms with Crippen molar-refractivity contribution in [3.63, 3.8) is 0 Å². The molecule has 1 aliphatic rings. The van der Waals surface area contributed by atoms with Crippen LogP contribution in [0.4, 0.5) is 5.82 Å². The molecule has 228 valence electrons. The first kappa shape index (κ1) is 30.1. The molecular weight excluding hydrogens is 592 g/mol. The van der Waals surface area contributed by atoms with E-state index in [1.165, 1.54) is 10.4 Å². The van der Waals surface area contributed by atoms with Gasteiger partial charge in [-0.1, -0.05) is 68.8 Å². The minimum absolute atomic E-state index is 0.256. The number of carbonyl (C=O) groups excluding carboxylic acids is 1. The number of benzene rings is 2. The van der Waals surface area contributed by atoms with Gasteiger partial charge in [-0.3, -0.25) is 4.79 Å². The molecule has 5 aromatic rings. The van der Waals surface area contributed by atoms with Gasteiger partial charge in [-0.2, -0.15) is 5.10 Å². The quantitative estimate of drug-likeness (QED) is 0.165. The Balaban J connectivity index is 1.20. The summed E-state index contributed by atoms with van der Waals surface area (Å²) in [6, 6.07) is 19.2. The second-order valence-corrected chi connectivity index (χ2v) is 13.7. The number of ether oxygens (including phenoxy) is 1. The van der Waals surface area contributed by atoms with Crippen LogP contribution in [0.2, 0.25) is 5.15 Å². The number of anilines is 1. The van der Waals surface area contributed by atoms with Gasteiger partial charge in [-0.05, 0) is 67.3 Å². The maximum atomic E-state index is 13.2. The first-order valence-electron chi connectivity index (χ1n) is 15.0. The van der Waals surface area contributed by atoms with Gasteiger partial charge < -0.3 is 15.4 Å². The smallest absolute Gasteiger partial charge is 0.256 e. The molecule has 0 saturated heterocycles. The zero-order valence-corrected chi connectivity index (χ0v) is 27.1. The molecule has 0 aliphatic heterocycles. The highest BCUT2D eigenvalue weighted by atomic mass is 35.5. The molecule has 0 fully saturated rings. The Morgan fingerprint density at radius 3 is 2.52 bits per heavy atom. The fourth-order valence-corrected chi connectivity index (χ4v) is 7.44. The van der Waals surface area contributed by atoms with E-state index in [-0.39, 0.29) is 23.1 Å². The highest BCUT2D eigenvalue weighted by Gasteiger charge is 2.32. The molecule has 2 N–H and O–H groups in total. The summed E-state index contributed by atoms with van der Waals surface area (Å²) in [5.41, 5.74) is 3.35. The number of aryl methyl sites for hydroxylation is 2. The van der Waals surface area contributed by atoms with Crippen LogP contribution in [0, 0.1) is 18.3 Å². The van der Waals surface area contributed by atoms with Crippen molar-refractivity contribution in [2.45, 2.75) is 53.6 Å². The first-order valence-corrected chi connectivity index (χ1v) is 16.2. The topological polar surface area (TPSA) is 94.0 Å². The lowest BCUT2D eigenvalue weighted by Crippen LogP contribution is -2.29. The minimum Gasteiger partial charge on any atom is -0.486 e. The van der Waals surface area contributed by atoms with Gasteiger partial charge in [-0.15, -0.1) is 11.3 Å². The molecule has 0 radical (unpaired) electrons. The number of carbonyl (C=O) groups is 1. The number of aromatic nitrogens is 4. The number of nitrogens with one attached hydrogen (secondary N) is 2. The van der Waals surface area contributed by atoms with Crippen molar-refractivity contribution in [3.8, 4) is 11.4 Å². The summed E-state index contributed by atoms with van der Waals surface area (Å²) >= 11 is 8.39. The zero-order chi connectivity index (χ0) is 30.8. The molecule has 0 spiro atoms. The summed E-state index contributed by atoms with van der Waals surface area (Å²) < 4.78 is 7.58. The van der Waals surface area contributed by atoms with E-state index < -0.39 is 0 Å². The van der Waals surface area contributed by atoms with Gasteiger partial charge >= 0.3 is 0 Å². The van der Waals surface area contributed by atoms with Crippen LogP contribution >= 0.6 is 22.9 Å². The predicted molar refractivity (Wildman–Crippen MR) is 177 cm³/mol. The predicted octanol–water partition coefficient (Wildman–Crippen LogP) is 7.41. The largest absolute Gasteiger partial charge is 0.486 e. The SMILES string of the molecule is Cc1nn(-c2ccccc2)c(Cl)c1C(=O)NCCNc1nc(COc2ccccc2)nc2sc3c(c12)CCC(C(C)(C)C)C3. The van der Waals surface area contributed by atoms with Gasteiger partial charge in [0.1, 0.15) is 28.2 Å². The lowest BCUT2D eigenvalue weighted by atomic mass is 9.72. The molecule has 1 unspecified atom stereocenters. The highest BCUT2D eigenvalue weighted by molar-refractivity contribution is 7.19. The summed E-state index contributed by atoms with van der Waals surface area (Å²) in [7, 11) is 0. The first-order chi connectivity index (χ1) is 21.2. The summed E-state index contributed by atoms with van der Waals surface area (Å²) in [5, 5.41) is 12.4. The van der Waals surface area contributed by atoms with Crippen molar-refractivity contribution in [1.82, 2.24) is 25.1 Å². The second-order valence-electron chi connectivity index (χ2n) is 12.3. The molecule has 1 amide bonds. The summed E-state index contributed by atoms with van der Waals surface area (Å²) in [6.45, 7) is 9.91. The van der Waals surface area contributed by atoms with Crippen LogP contribution in [0.1, 0.15) is 59.5 Å². The van der Waals surface area contributed by atoms with Crippen molar-refractivity contribution < 1.29 is 9.53 Å². The average molecular weight is 629 g/mol. The maximum Gasteiger partial charge on any atom is 0.256 e. The molecule has 1 atom stereocenters. The lowest BCUT2D eigenvalue weighted by molar-refractivity contribution is 0.0954. The average Bonchev–Trinajstić information content (AvgIpc) is 3.54. The fourth-order valence-electron chi connectivity index (χ4n) is 5.76. The van der Waals surface area contributed by atoms with E-state index in [1.807, 2.05) is 60.7 Å². The number of thiophene rings is 1. The third-order valence-corrected chi connectivity index (χ3v) is 9.72. The molecule has 10 heteroatoms. The van der Waals surface area contributed by atoms with Gasteiger partial charge in [0, 0.05) is 18.0 Å². The Hall–Kier alpha value is -3.95. The van der Waals surface area contributed by atoms with Crippen LogP contribution in [-0.4, -0.2) is 38.7 Å². The molecule has 0 bridgehead atoms. The Bertz CT molecular complexity index is 1780. The number of hydrogen-bond acceptors (Lipinski definition) is 7. The maximum absolute atomic E-state index is 13.2. The number of rotatable bonds is 9. The lowest BCUT2D eigenvalue weighted by Gasteiger charge is -2.33. The van der Waals surface area contributed by atoms with E-state index in [0.717, 1.165) is 46.7 Å². The number of fused-ring (bicyclic) bond motifs is 3. The highest BCUT2D eigenvalue weighted by Crippen LogP contribution is 2.44. The Morgan fingerprint density at radius 2 is 1.80 bits per heavy atom. The molecule has 44 heavy (non-hydrogen) atoms. The molecule has 8 nitrogen and oxygen atoms in total. The number of halogens is 1. The Kier molecular flexibility index (Phi) is 8.60. The number of hydrogen-bond donors (Lipinski definition) is 2. The Labute approximate surface area is 266 Å². The van der Waals surface area contributed by atoms with Crippen molar-refractivity contribution in [3.05, 3.63) is 93.3 Å². The fraction of sp³-hybridized carbons (Fsp3) is 0.353. The molecule has 3 heterocycles. The third-order valence-electron chi connectivity index (χ3n) is 8.23. The molecule has 2 aromatic carbocycles. The van der Waals surface area contributed by atoms with Crippen molar-refractivity contribution >= 4 is 44.9 Å². The van der Waals surface area contributed by atoms with Gasteiger partial charge in [0.05, 0.1) is 22.3 Å². The van der Waals surface area contributed by atoms with Crippen molar-refractivity contribution in [1.29, 1.82) is 0 Å². The van der Waals surface area contributed by atoms with E-state index in [9.17, 15) is 4.79 Å². The molecule has 0 saturated carbocycles. The van der Waals surface area contributed by atoms with Gasteiger partial charge in [0.25, 0.3) is 5.91 Å². The number of para-hydroxylation sites is 2. The third kappa shape index (κ3) is 6.30. The molecule has 6 rings (SSSR count). The van der Waals surface area contributed by atoms with E-state index >= 15 is 0 Å². The van der Waals surface area contributed by atoms with Gasteiger partial charge in [-0.25, -0.2) is 14.6 Å². The summed E-state index contributed by atoms with van der Waals surface area (Å²) in [4.78, 5) is 25.4. The van der Waals surface area contributed by atoms with Crippen LogP contribution < -0.4 is 15.4 Å². The van der Waals surface area contributed by atoms with E-state index in [1.54, 1.807) is 22.9 Å². The van der Waals surface area contributed by atoms with Crippen LogP contribution in [0.5, 0.6) is 5.75 Å². The standard InChI is InChI=1S/C34H37ClN6O2S/c1-21-28(30(35)41(40-21)23-11-7-5-8-12-23)32(42)37-18-17-36-31-29-25-16-15-22(34(2,3)4)19-26(25)44-33(29)39-27(38-31)20-43-24-13-9-6-10-14-24/h5-14,22H,15-20H2,1-4H3,(H,37,42)(H,36,38,39). The molecular formula is C34H37ClN6O2S. The zero-order valence-electron chi connectivity index (χ0n) is 25.5. The second kappa shape index (κ2) is 12.6.